The lowest BCUT2D eigenvalue weighted by Gasteiger charge is -2.23. The van der Waals surface area contributed by atoms with Crippen molar-refractivity contribution in [1.29, 1.82) is 0 Å². The van der Waals surface area contributed by atoms with Crippen molar-refractivity contribution in [3.05, 3.63) is 69.8 Å². The summed E-state index contributed by atoms with van der Waals surface area (Å²) in [6.45, 7) is 1.85. The minimum Gasteiger partial charge on any atom is -0.325 e. The number of anilines is 1. The van der Waals surface area contributed by atoms with Crippen LogP contribution in [-0.4, -0.2) is 33.9 Å². The molecule has 0 aliphatic carbocycles. The van der Waals surface area contributed by atoms with Gasteiger partial charge in [0.25, 0.3) is 5.69 Å². The highest BCUT2D eigenvalue weighted by Crippen LogP contribution is 2.39. The van der Waals surface area contributed by atoms with Gasteiger partial charge in [0.1, 0.15) is 11.9 Å². The standard InChI is InChI=1S/C18H17N3O4S/c1-12-5-7-14(8-6-12)19-16(22)10-20-17(23)11-26-18(20)13-3-2-4-15(9-13)21(24)25/h2-9,18H,10-11H2,1H3,(H,19,22)/t18-/m0/s1. The van der Waals surface area contributed by atoms with Crippen molar-refractivity contribution in [2.24, 2.45) is 0 Å². The van der Waals surface area contributed by atoms with Gasteiger partial charge in [-0.2, -0.15) is 0 Å². The fourth-order valence-electron chi connectivity index (χ4n) is 2.69. The molecule has 2 amide bonds. The fraction of sp³-hybridized carbons (Fsp3) is 0.222. The van der Waals surface area contributed by atoms with Crippen LogP contribution in [-0.2, 0) is 9.59 Å². The fourth-order valence-corrected chi connectivity index (χ4v) is 3.86. The quantitative estimate of drug-likeness (QED) is 0.644. The molecule has 2 aromatic carbocycles. The normalized spacial score (nSPS) is 16.6. The van der Waals surface area contributed by atoms with Gasteiger partial charge in [0.2, 0.25) is 11.8 Å². The summed E-state index contributed by atoms with van der Waals surface area (Å²) >= 11 is 1.36. The molecule has 8 heteroatoms. The summed E-state index contributed by atoms with van der Waals surface area (Å²) in [6.07, 6.45) is 0. The molecule has 2 aromatic rings. The van der Waals surface area contributed by atoms with E-state index in [9.17, 15) is 19.7 Å². The van der Waals surface area contributed by atoms with Gasteiger partial charge in [-0.25, -0.2) is 0 Å². The first-order valence-electron chi connectivity index (χ1n) is 7.96. The van der Waals surface area contributed by atoms with E-state index in [2.05, 4.69) is 5.32 Å². The van der Waals surface area contributed by atoms with Gasteiger partial charge >= 0.3 is 0 Å². The van der Waals surface area contributed by atoms with E-state index in [0.717, 1.165) is 5.56 Å². The number of carbonyl (C=O) groups is 2. The lowest BCUT2D eigenvalue weighted by atomic mass is 10.2. The predicted molar refractivity (Wildman–Crippen MR) is 99.8 cm³/mol. The van der Waals surface area contributed by atoms with Crippen molar-refractivity contribution in [3.63, 3.8) is 0 Å². The van der Waals surface area contributed by atoms with Gasteiger partial charge in [0.15, 0.2) is 0 Å². The summed E-state index contributed by atoms with van der Waals surface area (Å²) in [5.74, 6) is -0.226. The molecule has 1 aliphatic heterocycles. The van der Waals surface area contributed by atoms with E-state index in [4.69, 9.17) is 0 Å². The molecule has 1 aliphatic rings. The minimum atomic E-state index is -0.473. The third kappa shape index (κ3) is 4.02. The molecule has 134 valence electrons. The zero-order chi connectivity index (χ0) is 18.7. The molecule has 1 N–H and O–H groups in total. The van der Waals surface area contributed by atoms with Crippen LogP contribution in [0.2, 0.25) is 0 Å². The molecule has 1 fully saturated rings. The third-order valence-corrected chi connectivity index (χ3v) is 5.24. The summed E-state index contributed by atoms with van der Waals surface area (Å²) in [4.78, 5) is 36.5. The number of benzene rings is 2. The van der Waals surface area contributed by atoms with E-state index in [1.54, 1.807) is 24.3 Å². The Hall–Kier alpha value is -2.87. The summed E-state index contributed by atoms with van der Waals surface area (Å²) in [5, 5.41) is 13.3. The molecular weight excluding hydrogens is 354 g/mol. The topological polar surface area (TPSA) is 92.6 Å². The zero-order valence-corrected chi connectivity index (χ0v) is 14.9. The van der Waals surface area contributed by atoms with Crippen molar-refractivity contribution in [1.82, 2.24) is 4.90 Å². The van der Waals surface area contributed by atoms with Crippen LogP contribution < -0.4 is 5.32 Å². The SMILES string of the molecule is Cc1ccc(NC(=O)CN2C(=O)CS[C@H]2c2cccc([N+](=O)[O-])c2)cc1. The van der Waals surface area contributed by atoms with Gasteiger partial charge in [-0.3, -0.25) is 19.7 Å². The molecule has 1 heterocycles. The summed E-state index contributed by atoms with van der Waals surface area (Å²) < 4.78 is 0. The van der Waals surface area contributed by atoms with Crippen molar-refractivity contribution >= 4 is 35.0 Å². The number of non-ortho nitro benzene ring substituents is 1. The molecule has 0 aromatic heterocycles. The molecule has 1 atom stereocenters. The van der Waals surface area contributed by atoms with E-state index in [1.165, 1.54) is 28.8 Å². The first-order valence-corrected chi connectivity index (χ1v) is 9.01. The van der Waals surface area contributed by atoms with Crippen LogP contribution >= 0.6 is 11.8 Å². The van der Waals surface area contributed by atoms with Crippen molar-refractivity contribution < 1.29 is 14.5 Å². The number of nitrogens with zero attached hydrogens (tertiary/aromatic N) is 2. The van der Waals surface area contributed by atoms with Gasteiger partial charge in [0.05, 0.1) is 10.7 Å². The molecule has 3 rings (SSSR count). The Bertz CT molecular complexity index is 854. The molecular formula is C18H17N3O4S. The average Bonchev–Trinajstić information content (AvgIpc) is 2.97. The smallest absolute Gasteiger partial charge is 0.269 e. The number of hydrogen-bond donors (Lipinski definition) is 1. The highest BCUT2D eigenvalue weighted by Gasteiger charge is 2.34. The largest absolute Gasteiger partial charge is 0.325 e. The minimum absolute atomic E-state index is 0.0356. The monoisotopic (exact) mass is 371 g/mol. The highest BCUT2D eigenvalue weighted by molar-refractivity contribution is 8.00. The maximum atomic E-state index is 12.3. The van der Waals surface area contributed by atoms with Crippen LogP contribution in [0.15, 0.2) is 48.5 Å². The first-order chi connectivity index (χ1) is 12.4. The molecule has 0 spiro atoms. The number of rotatable bonds is 5. The van der Waals surface area contributed by atoms with E-state index in [1.807, 2.05) is 19.1 Å². The molecule has 0 saturated carbocycles. The highest BCUT2D eigenvalue weighted by atomic mass is 32.2. The number of nitrogens with one attached hydrogen (secondary N) is 1. The zero-order valence-electron chi connectivity index (χ0n) is 14.0. The molecule has 0 radical (unpaired) electrons. The Balaban J connectivity index is 1.73. The Morgan fingerprint density at radius 2 is 2.04 bits per heavy atom. The number of carbonyl (C=O) groups excluding carboxylic acids is 2. The van der Waals surface area contributed by atoms with Crippen LogP contribution in [0.5, 0.6) is 0 Å². The van der Waals surface area contributed by atoms with E-state index in [-0.39, 0.29) is 29.8 Å². The van der Waals surface area contributed by atoms with Crippen LogP contribution in [0, 0.1) is 17.0 Å². The first kappa shape index (κ1) is 17.9. The summed E-state index contributed by atoms with van der Waals surface area (Å²) in [6, 6.07) is 13.5. The second-order valence-corrected chi connectivity index (χ2v) is 7.02. The van der Waals surface area contributed by atoms with Crippen molar-refractivity contribution in [3.8, 4) is 0 Å². The third-order valence-electron chi connectivity index (χ3n) is 3.98. The van der Waals surface area contributed by atoms with Crippen molar-refractivity contribution in [2.75, 3.05) is 17.6 Å². The van der Waals surface area contributed by atoms with Crippen LogP contribution in [0.25, 0.3) is 0 Å². The second kappa shape index (κ2) is 7.57. The maximum Gasteiger partial charge on any atom is 0.269 e. The Kier molecular flexibility index (Phi) is 5.22. The number of nitro groups is 1. The molecule has 0 unspecified atom stereocenters. The molecule has 0 bridgehead atoms. The van der Waals surface area contributed by atoms with Gasteiger partial charge in [-0.1, -0.05) is 29.8 Å². The number of aryl methyl sites for hydroxylation is 1. The molecule has 7 nitrogen and oxygen atoms in total. The van der Waals surface area contributed by atoms with Gasteiger partial charge in [0, 0.05) is 17.8 Å². The lowest BCUT2D eigenvalue weighted by Crippen LogP contribution is -2.36. The number of hydrogen-bond acceptors (Lipinski definition) is 5. The van der Waals surface area contributed by atoms with Crippen LogP contribution in [0.4, 0.5) is 11.4 Å². The van der Waals surface area contributed by atoms with Gasteiger partial charge in [-0.15, -0.1) is 11.8 Å². The predicted octanol–water partition coefficient (Wildman–Crippen LogP) is 3.12. The van der Waals surface area contributed by atoms with E-state index < -0.39 is 10.3 Å². The Morgan fingerprint density at radius 3 is 2.73 bits per heavy atom. The number of amides is 2. The molecule has 1 saturated heterocycles. The number of thioether (sulfide) groups is 1. The average molecular weight is 371 g/mol. The summed E-state index contributed by atoms with van der Waals surface area (Å²) in [5.41, 5.74) is 2.34. The lowest BCUT2D eigenvalue weighted by molar-refractivity contribution is -0.384. The Morgan fingerprint density at radius 1 is 1.31 bits per heavy atom. The molecule has 26 heavy (non-hydrogen) atoms. The second-order valence-electron chi connectivity index (χ2n) is 5.95. The Labute approximate surface area is 154 Å². The van der Waals surface area contributed by atoms with Crippen LogP contribution in [0.1, 0.15) is 16.5 Å². The van der Waals surface area contributed by atoms with Crippen molar-refractivity contribution in [2.45, 2.75) is 12.3 Å². The number of nitro benzene ring substituents is 1. The summed E-state index contributed by atoms with van der Waals surface area (Å²) in [7, 11) is 0. The van der Waals surface area contributed by atoms with E-state index >= 15 is 0 Å². The van der Waals surface area contributed by atoms with Gasteiger partial charge < -0.3 is 10.2 Å². The maximum absolute atomic E-state index is 12.3. The van der Waals surface area contributed by atoms with E-state index in [0.29, 0.717) is 11.3 Å². The van der Waals surface area contributed by atoms with Crippen LogP contribution in [0.3, 0.4) is 0 Å². The van der Waals surface area contributed by atoms with Gasteiger partial charge in [-0.05, 0) is 24.6 Å².